The second kappa shape index (κ2) is 9.10. The van der Waals surface area contributed by atoms with E-state index in [0.29, 0.717) is 37.2 Å². The quantitative estimate of drug-likeness (QED) is 0.789. The molecule has 1 aromatic rings. The second-order valence-corrected chi connectivity index (χ2v) is 8.57. The van der Waals surface area contributed by atoms with E-state index in [4.69, 9.17) is 4.74 Å². The standard InChI is InChI=1S/C23H29F3N2O2/c24-23(25,26)21-4-2-1-3-20(21)16-7-11-28(12-8-16)22(29)17-5-6-19(15-17)27-18-9-13-30-14-10-18/h1-4,7,17-19,27H,5-6,8-15H2/t17-,19?/m0/s1. The lowest BCUT2D eigenvalue weighted by atomic mass is 9.94. The molecule has 0 spiro atoms. The van der Waals surface area contributed by atoms with Crippen molar-refractivity contribution < 1.29 is 22.7 Å². The fourth-order valence-corrected chi connectivity index (χ4v) is 4.94. The first-order chi connectivity index (χ1) is 14.4. The van der Waals surface area contributed by atoms with Crippen molar-refractivity contribution in [3.8, 4) is 0 Å². The van der Waals surface area contributed by atoms with Crippen LogP contribution < -0.4 is 5.32 Å². The molecule has 2 aliphatic heterocycles. The van der Waals surface area contributed by atoms with Crippen LogP contribution in [-0.4, -0.2) is 49.2 Å². The highest BCUT2D eigenvalue weighted by molar-refractivity contribution is 5.81. The summed E-state index contributed by atoms with van der Waals surface area (Å²) in [6, 6.07) is 6.54. The SMILES string of the molecule is O=C([C@H]1CCC(NC2CCOCC2)C1)N1CC=C(c2ccccc2C(F)(F)F)CC1. The smallest absolute Gasteiger partial charge is 0.381 e. The van der Waals surface area contributed by atoms with E-state index >= 15 is 0 Å². The number of nitrogens with one attached hydrogen (secondary N) is 1. The van der Waals surface area contributed by atoms with Crippen LogP contribution in [0.25, 0.3) is 5.57 Å². The molecule has 1 amide bonds. The van der Waals surface area contributed by atoms with Crippen molar-refractivity contribution in [2.24, 2.45) is 5.92 Å². The Kier molecular flexibility index (Phi) is 6.48. The third-order valence-electron chi connectivity index (χ3n) is 6.57. The summed E-state index contributed by atoms with van der Waals surface area (Å²) in [6.45, 7) is 2.46. The van der Waals surface area contributed by atoms with E-state index in [9.17, 15) is 18.0 Å². The fraction of sp³-hybridized carbons (Fsp3) is 0.609. The number of rotatable bonds is 4. The Labute approximate surface area is 175 Å². The maximum absolute atomic E-state index is 13.3. The van der Waals surface area contributed by atoms with Gasteiger partial charge in [-0.25, -0.2) is 0 Å². The van der Waals surface area contributed by atoms with Gasteiger partial charge in [-0.3, -0.25) is 4.79 Å². The van der Waals surface area contributed by atoms with Crippen LogP contribution in [0.4, 0.5) is 13.2 Å². The van der Waals surface area contributed by atoms with Crippen molar-refractivity contribution in [1.29, 1.82) is 0 Å². The van der Waals surface area contributed by atoms with Crippen LogP contribution in [0, 0.1) is 5.92 Å². The van der Waals surface area contributed by atoms with Gasteiger partial charge in [-0.15, -0.1) is 0 Å². The predicted molar refractivity (Wildman–Crippen MR) is 109 cm³/mol. The average molecular weight is 422 g/mol. The summed E-state index contributed by atoms with van der Waals surface area (Å²) in [5, 5.41) is 3.69. The van der Waals surface area contributed by atoms with Gasteiger partial charge >= 0.3 is 6.18 Å². The van der Waals surface area contributed by atoms with Gasteiger partial charge in [0.25, 0.3) is 0 Å². The van der Waals surface area contributed by atoms with Gasteiger partial charge in [-0.05, 0) is 55.7 Å². The predicted octanol–water partition coefficient (Wildman–Crippen LogP) is 4.26. The highest BCUT2D eigenvalue weighted by Crippen LogP contribution is 2.37. The lowest BCUT2D eigenvalue weighted by molar-refractivity contribution is -0.138. The summed E-state index contributed by atoms with van der Waals surface area (Å²) in [5.74, 6) is 0.158. The van der Waals surface area contributed by atoms with Crippen molar-refractivity contribution in [3.05, 3.63) is 41.5 Å². The molecule has 4 nitrogen and oxygen atoms in total. The van der Waals surface area contributed by atoms with Gasteiger partial charge in [-0.2, -0.15) is 13.2 Å². The topological polar surface area (TPSA) is 41.6 Å². The Balaban J connectivity index is 1.34. The van der Waals surface area contributed by atoms with E-state index in [1.54, 1.807) is 17.0 Å². The lowest BCUT2D eigenvalue weighted by Gasteiger charge is -2.30. The molecule has 1 saturated heterocycles. The molecule has 1 N–H and O–H groups in total. The van der Waals surface area contributed by atoms with Gasteiger partial charge in [0.15, 0.2) is 0 Å². The molecule has 1 unspecified atom stereocenters. The second-order valence-electron chi connectivity index (χ2n) is 8.57. The molecule has 1 aliphatic carbocycles. The van der Waals surface area contributed by atoms with Crippen molar-refractivity contribution in [1.82, 2.24) is 10.2 Å². The third kappa shape index (κ3) is 4.89. The Morgan fingerprint density at radius 1 is 1.07 bits per heavy atom. The van der Waals surface area contributed by atoms with Gasteiger partial charge in [0, 0.05) is 44.3 Å². The van der Waals surface area contributed by atoms with Crippen LogP contribution in [0.5, 0.6) is 0 Å². The zero-order valence-electron chi connectivity index (χ0n) is 17.1. The molecular formula is C23H29F3N2O2. The van der Waals surface area contributed by atoms with E-state index in [1.165, 1.54) is 12.1 Å². The summed E-state index contributed by atoms with van der Waals surface area (Å²) in [4.78, 5) is 14.8. The van der Waals surface area contributed by atoms with Crippen LogP contribution >= 0.6 is 0 Å². The van der Waals surface area contributed by atoms with E-state index < -0.39 is 11.7 Å². The Morgan fingerprint density at radius 2 is 1.83 bits per heavy atom. The molecule has 2 atom stereocenters. The van der Waals surface area contributed by atoms with Gasteiger partial charge in [0.2, 0.25) is 5.91 Å². The Bertz CT molecular complexity index is 787. The first-order valence-electron chi connectivity index (χ1n) is 10.9. The molecule has 7 heteroatoms. The van der Waals surface area contributed by atoms with E-state index in [1.807, 2.05) is 0 Å². The zero-order chi connectivity index (χ0) is 21.1. The first kappa shape index (κ1) is 21.4. The Hall–Kier alpha value is -1.86. The highest BCUT2D eigenvalue weighted by Gasteiger charge is 2.36. The molecule has 30 heavy (non-hydrogen) atoms. The van der Waals surface area contributed by atoms with Crippen LogP contribution in [0.1, 0.15) is 49.7 Å². The number of carbonyl (C=O) groups excluding carboxylic acids is 1. The molecule has 2 heterocycles. The minimum Gasteiger partial charge on any atom is -0.381 e. The van der Waals surface area contributed by atoms with Gasteiger partial charge in [-0.1, -0.05) is 24.3 Å². The van der Waals surface area contributed by atoms with Crippen LogP contribution in [-0.2, 0) is 15.7 Å². The minimum absolute atomic E-state index is 0.0137. The van der Waals surface area contributed by atoms with Crippen LogP contribution in [0.3, 0.4) is 0 Å². The third-order valence-corrected chi connectivity index (χ3v) is 6.57. The summed E-state index contributed by atoms with van der Waals surface area (Å²) in [6.07, 6.45) is 2.64. The van der Waals surface area contributed by atoms with Crippen molar-refractivity contribution >= 4 is 11.5 Å². The average Bonchev–Trinajstić information content (AvgIpc) is 3.22. The molecule has 4 rings (SSSR count). The maximum atomic E-state index is 13.3. The van der Waals surface area contributed by atoms with E-state index in [-0.39, 0.29) is 17.4 Å². The lowest BCUT2D eigenvalue weighted by Crippen LogP contribution is -2.42. The van der Waals surface area contributed by atoms with Crippen molar-refractivity contribution in [2.45, 2.75) is 56.8 Å². The van der Waals surface area contributed by atoms with E-state index in [2.05, 4.69) is 5.32 Å². The number of nitrogens with zero attached hydrogens (tertiary/aromatic N) is 1. The molecule has 164 valence electrons. The maximum Gasteiger partial charge on any atom is 0.416 e. The molecular weight excluding hydrogens is 393 g/mol. The molecule has 3 aliphatic rings. The summed E-state index contributed by atoms with van der Waals surface area (Å²) < 4.78 is 45.3. The van der Waals surface area contributed by atoms with Gasteiger partial charge < -0.3 is 15.0 Å². The highest BCUT2D eigenvalue weighted by atomic mass is 19.4. The normalized spacial score (nSPS) is 26.0. The molecule has 0 aromatic heterocycles. The van der Waals surface area contributed by atoms with Crippen molar-refractivity contribution in [3.63, 3.8) is 0 Å². The van der Waals surface area contributed by atoms with Crippen molar-refractivity contribution in [2.75, 3.05) is 26.3 Å². The zero-order valence-corrected chi connectivity index (χ0v) is 17.1. The largest absolute Gasteiger partial charge is 0.416 e. The molecule has 1 aromatic carbocycles. The number of ether oxygens (including phenoxy) is 1. The van der Waals surface area contributed by atoms with Gasteiger partial charge in [0.05, 0.1) is 5.56 Å². The minimum atomic E-state index is -4.37. The molecule has 0 bridgehead atoms. The summed E-state index contributed by atoms with van der Waals surface area (Å²) in [7, 11) is 0. The molecule has 1 saturated carbocycles. The van der Waals surface area contributed by atoms with Gasteiger partial charge in [0.1, 0.15) is 0 Å². The molecule has 0 radical (unpaired) electrons. The number of alkyl halides is 3. The summed E-state index contributed by atoms with van der Waals surface area (Å²) in [5.41, 5.74) is 0.310. The van der Waals surface area contributed by atoms with E-state index in [0.717, 1.165) is 51.4 Å². The fourth-order valence-electron chi connectivity index (χ4n) is 4.94. The monoisotopic (exact) mass is 422 g/mol. The summed E-state index contributed by atoms with van der Waals surface area (Å²) >= 11 is 0. The number of halogens is 3. The number of benzene rings is 1. The first-order valence-corrected chi connectivity index (χ1v) is 10.9. The number of amides is 1. The number of hydrogen-bond donors (Lipinski definition) is 1. The van der Waals surface area contributed by atoms with Crippen LogP contribution in [0.2, 0.25) is 0 Å². The number of hydrogen-bond acceptors (Lipinski definition) is 3. The molecule has 2 fully saturated rings. The number of carbonyl (C=O) groups is 1. The Morgan fingerprint density at radius 3 is 2.53 bits per heavy atom. The van der Waals surface area contributed by atoms with Crippen LogP contribution in [0.15, 0.2) is 30.3 Å².